The second-order valence-corrected chi connectivity index (χ2v) is 6.75. The van der Waals surface area contributed by atoms with E-state index in [4.69, 9.17) is 11.6 Å². The molecule has 0 saturated carbocycles. The maximum atomic E-state index is 12.4. The third-order valence-corrected chi connectivity index (χ3v) is 4.61. The molecule has 0 aliphatic carbocycles. The molecule has 0 aromatic carbocycles. The van der Waals surface area contributed by atoms with Crippen LogP contribution in [0.2, 0.25) is 0 Å². The zero-order valence-corrected chi connectivity index (χ0v) is 12.8. The van der Waals surface area contributed by atoms with Gasteiger partial charge in [-0.3, -0.25) is 4.79 Å². The predicted octanol–water partition coefficient (Wildman–Crippen LogP) is 2.67. The molecule has 0 bridgehead atoms. The molecule has 0 amide bonds. The average molecular weight is 284 g/mol. The fourth-order valence-corrected chi connectivity index (χ4v) is 2.72. The molecule has 5 heteroatoms. The van der Waals surface area contributed by atoms with E-state index in [-0.39, 0.29) is 22.4 Å². The van der Waals surface area contributed by atoms with Crippen LogP contribution in [0, 0.1) is 5.41 Å². The molecule has 0 spiro atoms. The van der Waals surface area contributed by atoms with Gasteiger partial charge >= 0.3 is 0 Å². The summed E-state index contributed by atoms with van der Waals surface area (Å²) in [6, 6.07) is 0.146. The smallest absolute Gasteiger partial charge is 0.293 e. The number of alkyl halides is 1. The Balaban J connectivity index is 2.33. The molecule has 0 radical (unpaired) electrons. The van der Waals surface area contributed by atoms with Gasteiger partial charge in [0.1, 0.15) is 0 Å². The molecule has 19 heavy (non-hydrogen) atoms. The van der Waals surface area contributed by atoms with Crippen molar-refractivity contribution in [3.8, 4) is 0 Å². The molecule has 1 atom stereocenters. The van der Waals surface area contributed by atoms with E-state index < -0.39 is 0 Å². The first-order valence-electron chi connectivity index (χ1n) is 6.79. The average Bonchev–Trinajstić information content (AvgIpc) is 2.32. The lowest BCUT2D eigenvalue weighted by molar-refractivity contribution is 0.298. The highest BCUT2D eigenvalue weighted by Crippen LogP contribution is 2.34. The van der Waals surface area contributed by atoms with Gasteiger partial charge in [-0.15, -0.1) is 11.6 Å². The van der Waals surface area contributed by atoms with E-state index in [0.29, 0.717) is 5.82 Å². The number of aromatic nitrogens is 2. The fourth-order valence-electron chi connectivity index (χ4n) is 2.55. The zero-order chi connectivity index (χ0) is 14.2. The van der Waals surface area contributed by atoms with E-state index in [1.54, 1.807) is 17.0 Å². The minimum Gasteiger partial charge on any atom is -0.351 e. The van der Waals surface area contributed by atoms with Crippen LogP contribution in [-0.4, -0.2) is 28.0 Å². The Morgan fingerprint density at radius 2 is 2.16 bits per heavy atom. The second-order valence-electron chi connectivity index (χ2n) is 6.22. The standard InChI is InChI=1S/C14H22ClN3O/c1-10(2)18-8-6-16-12(13(18)19)17-7-5-11(15)14(3,4)9-17/h6,8,10-11H,5,7,9H2,1-4H3. The number of hydrogen-bond acceptors (Lipinski definition) is 3. The molecule has 1 unspecified atom stereocenters. The number of nitrogens with zero attached hydrogens (tertiary/aromatic N) is 3. The Morgan fingerprint density at radius 1 is 1.47 bits per heavy atom. The number of piperidine rings is 1. The van der Waals surface area contributed by atoms with Gasteiger partial charge in [-0.25, -0.2) is 4.98 Å². The Bertz CT molecular complexity index is 510. The third-order valence-electron chi connectivity index (χ3n) is 3.80. The molecular formula is C14H22ClN3O. The van der Waals surface area contributed by atoms with E-state index in [2.05, 4.69) is 23.7 Å². The number of halogens is 1. The van der Waals surface area contributed by atoms with Crippen molar-refractivity contribution in [2.24, 2.45) is 5.41 Å². The molecule has 2 rings (SSSR count). The van der Waals surface area contributed by atoms with Crippen LogP contribution in [0.3, 0.4) is 0 Å². The van der Waals surface area contributed by atoms with E-state index in [1.807, 2.05) is 13.8 Å². The Labute approximate surface area is 119 Å². The first-order valence-corrected chi connectivity index (χ1v) is 7.23. The van der Waals surface area contributed by atoms with Gasteiger partial charge in [0.15, 0.2) is 5.82 Å². The van der Waals surface area contributed by atoms with Gasteiger partial charge in [0.05, 0.1) is 0 Å². The van der Waals surface area contributed by atoms with Gasteiger partial charge in [-0.05, 0) is 25.7 Å². The van der Waals surface area contributed by atoms with E-state index in [9.17, 15) is 4.79 Å². The largest absolute Gasteiger partial charge is 0.351 e. The van der Waals surface area contributed by atoms with Gasteiger partial charge in [0.2, 0.25) is 0 Å². The van der Waals surface area contributed by atoms with Crippen molar-refractivity contribution in [2.75, 3.05) is 18.0 Å². The molecule has 4 nitrogen and oxygen atoms in total. The lowest BCUT2D eigenvalue weighted by atomic mass is 9.83. The van der Waals surface area contributed by atoms with Crippen LogP contribution in [0.15, 0.2) is 17.2 Å². The van der Waals surface area contributed by atoms with Crippen LogP contribution < -0.4 is 10.5 Å². The highest BCUT2D eigenvalue weighted by molar-refractivity contribution is 6.21. The summed E-state index contributed by atoms with van der Waals surface area (Å²) in [5, 5.41) is 0.153. The minimum atomic E-state index is -0.0127. The number of rotatable bonds is 2. The summed E-state index contributed by atoms with van der Waals surface area (Å²) >= 11 is 6.35. The SMILES string of the molecule is CC(C)n1ccnc(N2CCC(Cl)C(C)(C)C2)c1=O. The van der Waals surface area contributed by atoms with Crippen LogP contribution in [0.5, 0.6) is 0 Å². The van der Waals surface area contributed by atoms with Crippen LogP contribution >= 0.6 is 11.6 Å². The molecule has 1 fully saturated rings. The molecular weight excluding hydrogens is 262 g/mol. The maximum absolute atomic E-state index is 12.4. The zero-order valence-electron chi connectivity index (χ0n) is 12.1. The number of anilines is 1. The van der Waals surface area contributed by atoms with Gasteiger partial charge in [0, 0.05) is 36.9 Å². The molecule has 1 aliphatic heterocycles. The highest BCUT2D eigenvalue weighted by Gasteiger charge is 2.35. The normalized spacial score (nSPS) is 22.8. The van der Waals surface area contributed by atoms with Crippen molar-refractivity contribution in [3.63, 3.8) is 0 Å². The van der Waals surface area contributed by atoms with Crippen LogP contribution in [0.4, 0.5) is 5.82 Å². The first-order chi connectivity index (χ1) is 8.83. The van der Waals surface area contributed by atoms with Crippen molar-refractivity contribution in [3.05, 3.63) is 22.7 Å². The fraction of sp³-hybridized carbons (Fsp3) is 0.714. The molecule has 1 saturated heterocycles. The monoisotopic (exact) mass is 283 g/mol. The summed E-state index contributed by atoms with van der Waals surface area (Å²) in [6.45, 7) is 9.84. The summed E-state index contributed by atoms with van der Waals surface area (Å²) < 4.78 is 1.72. The molecule has 1 aromatic heterocycles. The van der Waals surface area contributed by atoms with Crippen molar-refractivity contribution in [1.29, 1.82) is 0 Å². The Hall–Kier alpha value is -1.03. The Kier molecular flexibility index (Phi) is 3.90. The highest BCUT2D eigenvalue weighted by atomic mass is 35.5. The van der Waals surface area contributed by atoms with Crippen LogP contribution in [0.1, 0.15) is 40.2 Å². The van der Waals surface area contributed by atoms with Crippen LogP contribution in [-0.2, 0) is 0 Å². The topological polar surface area (TPSA) is 38.1 Å². The summed E-state index contributed by atoms with van der Waals surface area (Å²) in [4.78, 5) is 18.8. The molecule has 1 aromatic rings. The van der Waals surface area contributed by atoms with E-state index in [0.717, 1.165) is 19.5 Å². The summed E-state index contributed by atoms with van der Waals surface area (Å²) in [5.74, 6) is 0.549. The summed E-state index contributed by atoms with van der Waals surface area (Å²) in [7, 11) is 0. The first kappa shape index (κ1) is 14.4. The molecule has 1 aliphatic rings. The third kappa shape index (κ3) is 2.78. The maximum Gasteiger partial charge on any atom is 0.293 e. The van der Waals surface area contributed by atoms with Crippen molar-refractivity contribution >= 4 is 17.4 Å². The lowest BCUT2D eigenvalue weighted by Gasteiger charge is -2.41. The predicted molar refractivity (Wildman–Crippen MR) is 79.1 cm³/mol. The summed E-state index contributed by atoms with van der Waals surface area (Å²) in [5.41, 5.74) is -0.0202. The number of hydrogen-bond donors (Lipinski definition) is 0. The van der Waals surface area contributed by atoms with Gasteiger partial charge in [0.25, 0.3) is 5.56 Å². The lowest BCUT2D eigenvalue weighted by Crippen LogP contribution is -2.49. The summed E-state index contributed by atoms with van der Waals surface area (Å²) in [6.07, 6.45) is 4.33. The van der Waals surface area contributed by atoms with Gasteiger partial charge in [-0.2, -0.15) is 0 Å². The quantitative estimate of drug-likeness (QED) is 0.783. The van der Waals surface area contributed by atoms with Gasteiger partial charge in [-0.1, -0.05) is 13.8 Å². The molecule has 106 valence electrons. The second kappa shape index (κ2) is 5.16. The van der Waals surface area contributed by atoms with Gasteiger partial charge < -0.3 is 9.47 Å². The van der Waals surface area contributed by atoms with E-state index in [1.165, 1.54) is 0 Å². The van der Waals surface area contributed by atoms with E-state index >= 15 is 0 Å². The molecule has 0 N–H and O–H groups in total. The van der Waals surface area contributed by atoms with Crippen molar-refractivity contribution < 1.29 is 0 Å². The van der Waals surface area contributed by atoms with Crippen LogP contribution in [0.25, 0.3) is 0 Å². The van der Waals surface area contributed by atoms with Crippen molar-refractivity contribution in [1.82, 2.24) is 9.55 Å². The molecule has 2 heterocycles. The minimum absolute atomic E-state index is 0.00751. The van der Waals surface area contributed by atoms with Crippen molar-refractivity contribution in [2.45, 2.75) is 45.5 Å². The Morgan fingerprint density at radius 3 is 2.74 bits per heavy atom.